The maximum Gasteiger partial charge on any atom is 0.125 e. The lowest BCUT2D eigenvalue weighted by Crippen LogP contribution is -1.91. The van der Waals surface area contributed by atoms with Crippen LogP contribution in [0, 0.1) is 12.7 Å². The SMILES string of the molecule is Cc1ccccc1CSc1ccc(F)cc1N. The van der Waals surface area contributed by atoms with Gasteiger partial charge in [0.15, 0.2) is 0 Å². The van der Waals surface area contributed by atoms with Crippen molar-refractivity contribution in [2.24, 2.45) is 0 Å². The summed E-state index contributed by atoms with van der Waals surface area (Å²) < 4.78 is 12.9. The predicted molar refractivity (Wildman–Crippen MR) is 71.6 cm³/mol. The highest BCUT2D eigenvalue weighted by Gasteiger charge is 2.03. The molecule has 0 unspecified atom stereocenters. The second-order valence-electron chi connectivity index (χ2n) is 3.90. The average molecular weight is 247 g/mol. The van der Waals surface area contributed by atoms with Crippen LogP contribution in [0.2, 0.25) is 0 Å². The highest BCUT2D eigenvalue weighted by atomic mass is 32.2. The molecule has 0 radical (unpaired) electrons. The second kappa shape index (κ2) is 5.23. The van der Waals surface area contributed by atoms with E-state index >= 15 is 0 Å². The highest BCUT2D eigenvalue weighted by molar-refractivity contribution is 7.98. The van der Waals surface area contributed by atoms with E-state index in [9.17, 15) is 4.39 Å². The molecule has 0 aliphatic carbocycles. The molecule has 0 aliphatic rings. The zero-order valence-corrected chi connectivity index (χ0v) is 10.4. The van der Waals surface area contributed by atoms with E-state index in [1.807, 2.05) is 12.1 Å². The Morgan fingerprint density at radius 1 is 1.18 bits per heavy atom. The van der Waals surface area contributed by atoms with E-state index in [-0.39, 0.29) is 5.82 Å². The molecule has 2 rings (SSSR count). The van der Waals surface area contributed by atoms with Crippen LogP contribution in [0.1, 0.15) is 11.1 Å². The molecule has 0 aliphatic heterocycles. The van der Waals surface area contributed by atoms with Gasteiger partial charge in [0.25, 0.3) is 0 Å². The van der Waals surface area contributed by atoms with Crippen LogP contribution in [0.4, 0.5) is 10.1 Å². The lowest BCUT2D eigenvalue weighted by Gasteiger charge is -2.07. The van der Waals surface area contributed by atoms with Crippen LogP contribution in [-0.4, -0.2) is 0 Å². The van der Waals surface area contributed by atoms with E-state index in [0.717, 1.165) is 10.6 Å². The number of benzene rings is 2. The Labute approximate surface area is 105 Å². The van der Waals surface area contributed by atoms with Gasteiger partial charge >= 0.3 is 0 Å². The summed E-state index contributed by atoms with van der Waals surface area (Å²) in [6.45, 7) is 2.09. The van der Waals surface area contributed by atoms with Gasteiger partial charge in [0.1, 0.15) is 5.82 Å². The van der Waals surface area contributed by atoms with E-state index < -0.39 is 0 Å². The first-order chi connectivity index (χ1) is 8.16. The van der Waals surface area contributed by atoms with Gasteiger partial charge in [0.2, 0.25) is 0 Å². The van der Waals surface area contributed by atoms with Crippen molar-refractivity contribution in [3.8, 4) is 0 Å². The molecular weight excluding hydrogens is 233 g/mol. The third-order valence-electron chi connectivity index (χ3n) is 2.62. The number of rotatable bonds is 3. The minimum atomic E-state index is -0.289. The van der Waals surface area contributed by atoms with Gasteiger partial charge in [0, 0.05) is 16.3 Å². The van der Waals surface area contributed by atoms with Crippen molar-refractivity contribution < 1.29 is 4.39 Å². The van der Waals surface area contributed by atoms with Crippen LogP contribution in [0.5, 0.6) is 0 Å². The molecule has 17 heavy (non-hydrogen) atoms. The van der Waals surface area contributed by atoms with Crippen LogP contribution in [-0.2, 0) is 5.75 Å². The van der Waals surface area contributed by atoms with Crippen LogP contribution in [0.3, 0.4) is 0 Å². The first-order valence-electron chi connectivity index (χ1n) is 5.39. The summed E-state index contributed by atoms with van der Waals surface area (Å²) in [5.74, 6) is 0.561. The summed E-state index contributed by atoms with van der Waals surface area (Å²) in [4.78, 5) is 0.926. The summed E-state index contributed by atoms with van der Waals surface area (Å²) in [5.41, 5.74) is 8.81. The Morgan fingerprint density at radius 3 is 2.65 bits per heavy atom. The van der Waals surface area contributed by atoms with Crippen molar-refractivity contribution in [1.29, 1.82) is 0 Å². The minimum absolute atomic E-state index is 0.289. The molecule has 2 aromatic carbocycles. The maximum atomic E-state index is 12.9. The fourth-order valence-electron chi connectivity index (χ4n) is 1.58. The van der Waals surface area contributed by atoms with Crippen molar-refractivity contribution in [3.05, 3.63) is 59.4 Å². The van der Waals surface area contributed by atoms with Crippen LogP contribution in [0.25, 0.3) is 0 Å². The Balaban J connectivity index is 2.10. The Bertz CT molecular complexity index is 525. The van der Waals surface area contributed by atoms with Crippen molar-refractivity contribution in [2.45, 2.75) is 17.6 Å². The largest absolute Gasteiger partial charge is 0.398 e. The van der Waals surface area contributed by atoms with E-state index in [4.69, 9.17) is 5.73 Å². The standard InChI is InChI=1S/C14H14FNS/c1-10-4-2-3-5-11(10)9-17-14-7-6-12(15)8-13(14)16/h2-8H,9,16H2,1H3. The molecule has 0 amide bonds. The Kier molecular flexibility index (Phi) is 3.69. The fraction of sp³-hybridized carbons (Fsp3) is 0.143. The molecule has 0 saturated heterocycles. The lowest BCUT2D eigenvalue weighted by atomic mass is 10.1. The quantitative estimate of drug-likeness (QED) is 0.655. The molecule has 0 aromatic heterocycles. The Hall–Kier alpha value is -1.48. The second-order valence-corrected chi connectivity index (χ2v) is 4.91. The molecule has 0 fully saturated rings. The van der Waals surface area contributed by atoms with Gasteiger partial charge in [-0.25, -0.2) is 4.39 Å². The molecule has 0 spiro atoms. The topological polar surface area (TPSA) is 26.0 Å². The molecule has 88 valence electrons. The molecule has 0 saturated carbocycles. The van der Waals surface area contributed by atoms with Crippen molar-refractivity contribution >= 4 is 17.4 Å². The molecular formula is C14H14FNS. The summed E-state index contributed by atoms with van der Waals surface area (Å²) >= 11 is 1.63. The van der Waals surface area contributed by atoms with Crippen LogP contribution in [0.15, 0.2) is 47.4 Å². The van der Waals surface area contributed by atoms with E-state index in [1.54, 1.807) is 17.8 Å². The van der Waals surface area contributed by atoms with Gasteiger partial charge in [0.05, 0.1) is 0 Å². The third-order valence-corrected chi connectivity index (χ3v) is 3.75. The number of anilines is 1. The maximum absolute atomic E-state index is 12.9. The van der Waals surface area contributed by atoms with Crippen molar-refractivity contribution in [3.63, 3.8) is 0 Å². The highest BCUT2D eigenvalue weighted by Crippen LogP contribution is 2.29. The van der Waals surface area contributed by atoms with Gasteiger partial charge in [-0.15, -0.1) is 11.8 Å². The van der Waals surface area contributed by atoms with E-state index in [1.165, 1.54) is 23.3 Å². The smallest absolute Gasteiger partial charge is 0.125 e. The molecule has 0 heterocycles. The van der Waals surface area contributed by atoms with E-state index in [2.05, 4.69) is 19.1 Å². The van der Waals surface area contributed by atoms with Crippen molar-refractivity contribution in [1.82, 2.24) is 0 Å². The van der Waals surface area contributed by atoms with Crippen LogP contribution >= 0.6 is 11.8 Å². The molecule has 0 atom stereocenters. The molecule has 2 N–H and O–H groups in total. The van der Waals surface area contributed by atoms with Crippen LogP contribution < -0.4 is 5.73 Å². The van der Waals surface area contributed by atoms with E-state index in [0.29, 0.717) is 5.69 Å². The van der Waals surface area contributed by atoms with Gasteiger partial charge in [-0.1, -0.05) is 24.3 Å². The predicted octanol–water partition coefficient (Wildman–Crippen LogP) is 4.01. The number of nitrogen functional groups attached to an aromatic ring is 1. The number of hydrogen-bond donors (Lipinski definition) is 1. The molecule has 0 bridgehead atoms. The number of thioether (sulfide) groups is 1. The fourth-order valence-corrected chi connectivity index (χ4v) is 2.60. The first kappa shape index (κ1) is 12.0. The average Bonchev–Trinajstić information content (AvgIpc) is 2.30. The molecule has 1 nitrogen and oxygen atoms in total. The zero-order valence-electron chi connectivity index (χ0n) is 9.61. The number of hydrogen-bond acceptors (Lipinski definition) is 2. The monoisotopic (exact) mass is 247 g/mol. The molecule has 3 heteroatoms. The number of nitrogens with two attached hydrogens (primary N) is 1. The third kappa shape index (κ3) is 3.01. The first-order valence-corrected chi connectivity index (χ1v) is 6.37. The molecule has 2 aromatic rings. The zero-order chi connectivity index (χ0) is 12.3. The summed E-state index contributed by atoms with van der Waals surface area (Å²) in [7, 11) is 0. The summed E-state index contributed by atoms with van der Waals surface area (Å²) in [6, 6.07) is 12.8. The Morgan fingerprint density at radius 2 is 1.94 bits per heavy atom. The minimum Gasteiger partial charge on any atom is -0.398 e. The normalized spacial score (nSPS) is 10.5. The number of halogens is 1. The summed E-state index contributed by atoms with van der Waals surface area (Å²) in [5, 5.41) is 0. The lowest BCUT2D eigenvalue weighted by molar-refractivity contribution is 0.627. The van der Waals surface area contributed by atoms with Crippen molar-refractivity contribution in [2.75, 3.05) is 5.73 Å². The number of aryl methyl sites for hydroxylation is 1. The van der Waals surface area contributed by atoms with Gasteiger partial charge in [-0.2, -0.15) is 0 Å². The van der Waals surface area contributed by atoms with Gasteiger partial charge < -0.3 is 5.73 Å². The van der Waals surface area contributed by atoms with Gasteiger partial charge in [-0.3, -0.25) is 0 Å². The van der Waals surface area contributed by atoms with Gasteiger partial charge in [-0.05, 0) is 36.2 Å². The summed E-state index contributed by atoms with van der Waals surface area (Å²) in [6.07, 6.45) is 0.